The fraction of sp³-hybridized carbons (Fsp3) is 0.400. The van der Waals surface area contributed by atoms with Gasteiger partial charge in [-0.15, -0.1) is 0 Å². The minimum absolute atomic E-state index is 0.172. The summed E-state index contributed by atoms with van der Waals surface area (Å²) in [5.74, 6) is -0.468. The molecule has 1 saturated carbocycles. The van der Waals surface area contributed by atoms with Crippen molar-refractivity contribution in [3.05, 3.63) is 47.4 Å². The molecule has 1 aliphatic carbocycles. The average molecular weight is 258 g/mol. The molecule has 2 N–H and O–H groups in total. The van der Waals surface area contributed by atoms with Crippen molar-refractivity contribution in [3.8, 4) is 0 Å². The third-order valence-electron chi connectivity index (χ3n) is 3.97. The number of hydrogen-bond acceptors (Lipinski definition) is 3. The molecule has 1 aromatic rings. The van der Waals surface area contributed by atoms with Gasteiger partial charge in [-0.1, -0.05) is 29.8 Å². The molecule has 0 spiro atoms. The standard InChI is InChI=1S/C15H18N2O2/c1-10-5-7-11(8-6-10)14-16-9-13(18)15(19)17(14)12-3-2-4-12/h5-9,12,14,16,18H,2-4H2,1H3. The first-order valence-electron chi connectivity index (χ1n) is 6.71. The number of aliphatic hydroxyl groups excluding tert-OH is 1. The lowest BCUT2D eigenvalue weighted by Gasteiger charge is -2.44. The van der Waals surface area contributed by atoms with Crippen LogP contribution in [0.15, 0.2) is 36.2 Å². The van der Waals surface area contributed by atoms with Gasteiger partial charge in [0, 0.05) is 12.2 Å². The Kier molecular flexibility index (Phi) is 2.93. The summed E-state index contributed by atoms with van der Waals surface area (Å²) in [6.45, 7) is 2.04. The normalized spacial score (nSPS) is 23.6. The van der Waals surface area contributed by atoms with Crippen LogP contribution < -0.4 is 5.32 Å². The van der Waals surface area contributed by atoms with Crippen LogP contribution in [0.3, 0.4) is 0 Å². The van der Waals surface area contributed by atoms with E-state index < -0.39 is 0 Å². The molecule has 100 valence electrons. The molecule has 1 aliphatic heterocycles. The van der Waals surface area contributed by atoms with E-state index >= 15 is 0 Å². The Bertz CT molecular complexity index is 517. The monoisotopic (exact) mass is 258 g/mol. The van der Waals surface area contributed by atoms with Gasteiger partial charge in [-0.25, -0.2) is 0 Å². The summed E-state index contributed by atoms with van der Waals surface area (Å²) < 4.78 is 0. The summed E-state index contributed by atoms with van der Waals surface area (Å²) in [6, 6.07) is 8.38. The number of nitrogens with zero attached hydrogens (tertiary/aromatic N) is 1. The summed E-state index contributed by atoms with van der Waals surface area (Å²) >= 11 is 0. The van der Waals surface area contributed by atoms with Crippen LogP contribution in [0.5, 0.6) is 0 Å². The highest BCUT2D eigenvalue weighted by Gasteiger charge is 2.38. The Morgan fingerprint density at radius 1 is 1.26 bits per heavy atom. The van der Waals surface area contributed by atoms with Crippen molar-refractivity contribution >= 4 is 5.91 Å². The topological polar surface area (TPSA) is 52.6 Å². The SMILES string of the molecule is Cc1ccc(C2NC=C(O)C(=O)N2C2CCC2)cc1. The summed E-state index contributed by atoms with van der Waals surface area (Å²) in [6.07, 6.45) is 4.42. The van der Waals surface area contributed by atoms with Gasteiger partial charge in [0.15, 0.2) is 5.76 Å². The molecular formula is C15H18N2O2. The molecule has 4 heteroatoms. The highest BCUT2D eigenvalue weighted by atomic mass is 16.3. The number of benzene rings is 1. The second kappa shape index (κ2) is 4.61. The van der Waals surface area contributed by atoms with Gasteiger partial charge in [0.2, 0.25) is 0 Å². The van der Waals surface area contributed by atoms with E-state index in [1.807, 2.05) is 31.2 Å². The van der Waals surface area contributed by atoms with E-state index in [0.29, 0.717) is 0 Å². The fourth-order valence-corrected chi connectivity index (χ4v) is 2.60. The van der Waals surface area contributed by atoms with Crippen LogP contribution in [0.25, 0.3) is 0 Å². The molecule has 0 aromatic heterocycles. The third kappa shape index (κ3) is 2.07. The van der Waals surface area contributed by atoms with Gasteiger partial charge in [0.25, 0.3) is 5.91 Å². The van der Waals surface area contributed by atoms with E-state index in [0.717, 1.165) is 24.8 Å². The fourth-order valence-electron chi connectivity index (χ4n) is 2.60. The van der Waals surface area contributed by atoms with Gasteiger partial charge in [0.1, 0.15) is 6.17 Å². The molecule has 19 heavy (non-hydrogen) atoms. The highest BCUT2D eigenvalue weighted by Crippen LogP contribution is 2.33. The molecule has 1 aromatic carbocycles. The van der Waals surface area contributed by atoms with Gasteiger partial charge in [-0.2, -0.15) is 0 Å². The van der Waals surface area contributed by atoms with Gasteiger partial charge < -0.3 is 15.3 Å². The number of carbonyl (C=O) groups is 1. The van der Waals surface area contributed by atoms with Crippen molar-refractivity contribution in [2.75, 3.05) is 0 Å². The molecule has 1 amide bonds. The lowest BCUT2D eigenvalue weighted by molar-refractivity contribution is -0.139. The molecule has 1 heterocycles. The predicted molar refractivity (Wildman–Crippen MR) is 72.3 cm³/mol. The third-order valence-corrected chi connectivity index (χ3v) is 3.97. The molecule has 0 saturated heterocycles. The van der Waals surface area contributed by atoms with Crippen molar-refractivity contribution in [1.82, 2.24) is 10.2 Å². The van der Waals surface area contributed by atoms with Crippen molar-refractivity contribution in [3.63, 3.8) is 0 Å². The molecule has 3 rings (SSSR count). The molecule has 0 radical (unpaired) electrons. The number of rotatable bonds is 2. The van der Waals surface area contributed by atoms with Gasteiger partial charge in [-0.05, 0) is 31.7 Å². The molecule has 2 aliphatic rings. The highest BCUT2D eigenvalue weighted by molar-refractivity contribution is 5.92. The Hall–Kier alpha value is -1.97. The zero-order chi connectivity index (χ0) is 13.4. The van der Waals surface area contributed by atoms with Gasteiger partial charge >= 0.3 is 0 Å². The quantitative estimate of drug-likeness (QED) is 0.856. The summed E-state index contributed by atoms with van der Waals surface area (Å²) in [5, 5.41) is 12.8. The van der Waals surface area contributed by atoms with Crippen LogP contribution >= 0.6 is 0 Å². The van der Waals surface area contributed by atoms with Crippen LogP contribution in [-0.2, 0) is 4.79 Å². The molecule has 4 nitrogen and oxygen atoms in total. The van der Waals surface area contributed by atoms with Crippen LogP contribution in [0.2, 0.25) is 0 Å². The predicted octanol–water partition coefficient (Wildman–Crippen LogP) is 2.38. The van der Waals surface area contributed by atoms with Crippen LogP contribution in [0.1, 0.15) is 36.6 Å². The van der Waals surface area contributed by atoms with E-state index in [-0.39, 0.29) is 23.9 Å². The minimum Gasteiger partial charge on any atom is -0.502 e. The Morgan fingerprint density at radius 2 is 1.95 bits per heavy atom. The van der Waals surface area contributed by atoms with E-state index in [4.69, 9.17) is 0 Å². The first kappa shape index (κ1) is 12.1. The largest absolute Gasteiger partial charge is 0.502 e. The number of aliphatic hydroxyl groups is 1. The maximum absolute atomic E-state index is 12.2. The van der Waals surface area contributed by atoms with Crippen LogP contribution in [0.4, 0.5) is 0 Å². The number of nitrogens with one attached hydrogen (secondary N) is 1. The summed E-state index contributed by atoms with van der Waals surface area (Å²) in [7, 11) is 0. The molecular weight excluding hydrogens is 240 g/mol. The lowest BCUT2D eigenvalue weighted by atomic mass is 9.89. The average Bonchev–Trinajstić information content (AvgIpc) is 2.34. The maximum atomic E-state index is 12.2. The Labute approximate surface area is 112 Å². The van der Waals surface area contributed by atoms with Crippen molar-refractivity contribution in [1.29, 1.82) is 0 Å². The Morgan fingerprint density at radius 3 is 2.53 bits per heavy atom. The molecule has 1 unspecified atom stereocenters. The molecule has 0 bridgehead atoms. The van der Waals surface area contributed by atoms with E-state index in [1.54, 1.807) is 4.90 Å². The van der Waals surface area contributed by atoms with E-state index in [2.05, 4.69) is 5.32 Å². The first-order valence-corrected chi connectivity index (χ1v) is 6.71. The smallest absolute Gasteiger partial charge is 0.292 e. The zero-order valence-corrected chi connectivity index (χ0v) is 11.0. The van der Waals surface area contributed by atoms with Crippen molar-refractivity contribution in [2.24, 2.45) is 0 Å². The number of amides is 1. The number of carbonyl (C=O) groups excluding carboxylic acids is 1. The maximum Gasteiger partial charge on any atom is 0.292 e. The second-order valence-electron chi connectivity index (χ2n) is 5.31. The number of hydrogen-bond donors (Lipinski definition) is 2. The number of aryl methyl sites for hydroxylation is 1. The Balaban J connectivity index is 1.93. The minimum atomic E-state index is -0.269. The van der Waals surface area contributed by atoms with Gasteiger partial charge in [-0.3, -0.25) is 4.79 Å². The summed E-state index contributed by atoms with van der Waals surface area (Å²) in [4.78, 5) is 14.0. The first-order chi connectivity index (χ1) is 9.16. The van der Waals surface area contributed by atoms with Crippen LogP contribution in [0, 0.1) is 6.92 Å². The van der Waals surface area contributed by atoms with Gasteiger partial charge in [0.05, 0.1) is 0 Å². The lowest BCUT2D eigenvalue weighted by Crippen LogP contribution is -2.52. The molecule has 1 fully saturated rings. The zero-order valence-electron chi connectivity index (χ0n) is 11.0. The summed E-state index contributed by atoms with van der Waals surface area (Å²) in [5.41, 5.74) is 2.24. The molecule has 1 atom stereocenters. The van der Waals surface area contributed by atoms with E-state index in [9.17, 15) is 9.90 Å². The van der Waals surface area contributed by atoms with Crippen molar-refractivity contribution in [2.45, 2.75) is 38.4 Å². The van der Waals surface area contributed by atoms with E-state index in [1.165, 1.54) is 11.8 Å². The van der Waals surface area contributed by atoms with Crippen molar-refractivity contribution < 1.29 is 9.90 Å². The second-order valence-corrected chi connectivity index (χ2v) is 5.31. The van der Waals surface area contributed by atoms with Crippen LogP contribution in [-0.4, -0.2) is 22.0 Å².